The van der Waals surface area contributed by atoms with E-state index in [0.717, 1.165) is 13.1 Å². The van der Waals surface area contributed by atoms with Gasteiger partial charge in [0.2, 0.25) is 5.91 Å². The van der Waals surface area contributed by atoms with Crippen LogP contribution in [-0.4, -0.2) is 43.7 Å². The molecule has 4 heteroatoms. The highest BCUT2D eigenvalue weighted by Crippen LogP contribution is 2.19. The maximum absolute atomic E-state index is 11.7. The molecule has 1 N–H and O–H groups in total. The predicted molar refractivity (Wildman–Crippen MR) is 81.6 cm³/mol. The summed E-state index contributed by atoms with van der Waals surface area (Å²) in [4.78, 5) is 14.0. The molecule has 0 radical (unpaired) electrons. The molecule has 112 valence electrons. The Bertz CT molecular complexity index is 377. The third-order valence-electron chi connectivity index (χ3n) is 3.37. The van der Waals surface area contributed by atoms with Gasteiger partial charge >= 0.3 is 0 Å². The van der Waals surface area contributed by atoms with Crippen LogP contribution in [0.25, 0.3) is 0 Å². The smallest absolute Gasteiger partial charge is 0.246 e. The van der Waals surface area contributed by atoms with E-state index in [0.29, 0.717) is 13.2 Å². The summed E-state index contributed by atoms with van der Waals surface area (Å²) >= 11 is 0. The Hall–Kier alpha value is -1.39. The number of rotatable bonds is 9. The highest BCUT2D eigenvalue weighted by atomic mass is 16.5. The maximum Gasteiger partial charge on any atom is 0.246 e. The van der Waals surface area contributed by atoms with Gasteiger partial charge in [0.25, 0.3) is 0 Å². The number of hydrogen-bond donors (Lipinski definition) is 1. The van der Waals surface area contributed by atoms with Crippen molar-refractivity contribution in [2.75, 3.05) is 32.8 Å². The van der Waals surface area contributed by atoms with Gasteiger partial charge in [-0.05, 0) is 25.6 Å². The van der Waals surface area contributed by atoms with Crippen molar-refractivity contribution in [1.29, 1.82) is 0 Å². The van der Waals surface area contributed by atoms with Crippen LogP contribution in [-0.2, 0) is 9.53 Å². The first-order valence-corrected chi connectivity index (χ1v) is 7.36. The molecule has 4 nitrogen and oxygen atoms in total. The first-order chi connectivity index (χ1) is 9.72. The lowest BCUT2D eigenvalue weighted by atomic mass is 10.1. The topological polar surface area (TPSA) is 41.6 Å². The van der Waals surface area contributed by atoms with Crippen molar-refractivity contribution in [2.24, 2.45) is 0 Å². The number of nitrogens with zero attached hydrogens (tertiary/aromatic N) is 1. The molecule has 1 aromatic carbocycles. The van der Waals surface area contributed by atoms with Gasteiger partial charge < -0.3 is 10.1 Å². The Kier molecular flexibility index (Phi) is 7.92. The van der Waals surface area contributed by atoms with Gasteiger partial charge in [0.15, 0.2) is 0 Å². The summed E-state index contributed by atoms with van der Waals surface area (Å²) in [5, 5.41) is 2.96. The van der Waals surface area contributed by atoms with Crippen LogP contribution in [0.4, 0.5) is 0 Å². The van der Waals surface area contributed by atoms with Gasteiger partial charge in [0.1, 0.15) is 6.61 Å². The van der Waals surface area contributed by atoms with Crippen molar-refractivity contribution < 1.29 is 9.53 Å². The van der Waals surface area contributed by atoms with Crippen LogP contribution in [0, 0.1) is 0 Å². The molecule has 0 saturated heterocycles. The van der Waals surface area contributed by atoms with Gasteiger partial charge in [0.05, 0.1) is 6.04 Å². The van der Waals surface area contributed by atoms with E-state index in [1.807, 2.05) is 25.1 Å². The number of likely N-dealkylation sites (N-methyl/N-ethyl adjacent to an activating group) is 1. The molecule has 0 spiro atoms. The summed E-state index contributed by atoms with van der Waals surface area (Å²) in [7, 11) is 0. The standard InChI is InChI=1S/C16H26N2O2/c1-4-18(5-2)15(14-10-8-7-9-11-14)12-17-16(19)13-20-6-3/h7-11,15H,4-6,12-13H2,1-3H3,(H,17,19). The van der Waals surface area contributed by atoms with E-state index in [2.05, 4.69) is 36.2 Å². The first kappa shape index (κ1) is 16.7. The van der Waals surface area contributed by atoms with Crippen LogP contribution in [0.15, 0.2) is 30.3 Å². The lowest BCUT2D eigenvalue weighted by Gasteiger charge is -2.30. The number of ether oxygens (including phenoxy) is 1. The summed E-state index contributed by atoms with van der Waals surface area (Å²) in [6, 6.07) is 10.5. The van der Waals surface area contributed by atoms with E-state index in [9.17, 15) is 4.79 Å². The van der Waals surface area contributed by atoms with Crippen LogP contribution >= 0.6 is 0 Å². The summed E-state index contributed by atoms with van der Waals surface area (Å²) in [6.07, 6.45) is 0. The second kappa shape index (κ2) is 9.50. The summed E-state index contributed by atoms with van der Waals surface area (Å²) in [5.41, 5.74) is 1.23. The number of carbonyl (C=O) groups excluding carboxylic acids is 1. The number of amides is 1. The van der Waals surface area contributed by atoms with Gasteiger partial charge in [-0.1, -0.05) is 44.2 Å². The van der Waals surface area contributed by atoms with E-state index >= 15 is 0 Å². The molecule has 0 aliphatic heterocycles. The van der Waals surface area contributed by atoms with Crippen LogP contribution in [0.5, 0.6) is 0 Å². The molecule has 0 heterocycles. The minimum absolute atomic E-state index is 0.0556. The minimum atomic E-state index is -0.0556. The summed E-state index contributed by atoms with van der Waals surface area (Å²) in [5.74, 6) is -0.0556. The average molecular weight is 278 g/mol. The number of benzene rings is 1. The number of hydrogen-bond acceptors (Lipinski definition) is 3. The Balaban J connectivity index is 2.66. The molecule has 0 aliphatic carbocycles. The molecule has 1 aromatic rings. The SMILES string of the molecule is CCOCC(=O)NCC(c1ccccc1)N(CC)CC. The molecule has 1 unspecified atom stereocenters. The van der Waals surface area contributed by atoms with E-state index in [-0.39, 0.29) is 18.6 Å². The molecule has 1 atom stereocenters. The molecular weight excluding hydrogens is 252 g/mol. The van der Waals surface area contributed by atoms with Crippen LogP contribution < -0.4 is 5.32 Å². The fourth-order valence-electron chi connectivity index (χ4n) is 2.25. The van der Waals surface area contributed by atoms with Gasteiger partial charge in [-0.25, -0.2) is 0 Å². The second-order valence-corrected chi connectivity index (χ2v) is 4.59. The second-order valence-electron chi connectivity index (χ2n) is 4.59. The lowest BCUT2D eigenvalue weighted by molar-refractivity contribution is -0.125. The van der Waals surface area contributed by atoms with Crippen molar-refractivity contribution in [3.8, 4) is 0 Å². The third-order valence-corrected chi connectivity index (χ3v) is 3.37. The van der Waals surface area contributed by atoms with E-state index in [4.69, 9.17) is 4.74 Å². The molecule has 1 rings (SSSR count). The van der Waals surface area contributed by atoms with E-state index in [1.54, 1.807) is 0 Å². The fourth-order valence-corrected chi connectivity index (χ4v) is 2.25. The Labute approximate surface area is 122 Å². The van der Waals surface area contributed by atoms with Crippen molar-refractivity contribution >= 4 is 5.91 Å². The minimum Gasteiger partial charge on any atom is -0.372 e. The van der Waals surface area contributed by atoms with Gasteiger partial charge in [-0.3, -0.25) is 9.69 Å². The molecule has 0 aliphatic rings. The Morgan fingerprint density at radius 3 is 2.40 bits per heavy atom. The zero-order valence-electron chi connectivity index (χ0n) is 12.8. The van der Waals surface area contributed by atoms with Gasteiger partial charge in [-0.15, -0.1) is 0 Å². The average Bonchev–Trinajstić information content (AvgIpc) is 2.50. The molecule has 0 fully saturated rings. The predicted octanol–water partition coefficient (Wildman–Crippen LogP) is 2.22. The molecule has 0 aromatic heterocycles. The van der Waals surface area contributed by atoms with E-state index in [1.165, 1.54) is 5.56 Å². The highest BCUT2D eigenvalue weighted by Gasteiger charge is 2.18. The molecular formula is C16H26N2O2. The zero-order chi connectivity index (χ0) is 14.8. The molecule has 1 amide bonds. The highest BCUT2D eigenvalue weighted by molar-refractivity contribution is 5.77. The summed E-state index contributed by atoms with van der Waals surface area (Å²) in [6.45, 7) is 9.38. The van der Waals surface area contributed by atoms with E-state index < -0.39 is 0 Å². The molecule has 0 saturated carbocycles. The zero-order valence-corrected chi connectivity index (χ0v) is 12.8. The quantitative estimate of drug-likeness (QED) is 0.753. The third kappa shape index (κ3) is 5.31. The van der Waals surface area contributed by atoms with Crippen LogP contribution in [0.3, 0.4) is 0 Å². The Morgan fingerprint density at radius 2 is 1.85 bits per heavy atom. The van der Waals surface area contributed by atoms with Gasteiger partial charge in [-0.2, -0.15) is 0 Å². The largest absolute Gasteiger partial charge is 0.372 e. The monoisotopic (exact) mass is 278 g/mol. The first-order valence-electron chi connectivity index (χ1n) is 7.36. The maximum atomic E-state index is 11.7. The summed E-state index contributed by atoms with van der Waals surface area (Å²) < 4.78 is 5.12. The van der Waals surface area contributed by atoms with Gasteiger partial charge in [0, 0.05) is 13.2 Å². The van der Waals surface area contributed by atoms with Crippen molar-refractivity contribution in [1.82, 2.24) is 10.2 Å². The van der Waals surface area contributed by atoms with Crippen molar-refractivity contribution in [3.63, 3.8) is 0 Å². The number of carbonyl (C=O) groups is 1. The van der Waals surface area contributed by atoms with Crippen LogP contribution in [0.2, 0.25) is 0 Å². The number of nitrogens with one attached hydrogen (secondary N) is 1. The molecule has 0 bridgehead atoms. The fraction of sp³-hybridized carbons (Fsp3) is 0.562. The lowest BCUT2D eigenvalue weighted by Crippen LogP contribution is -2.39. The van der Waals surface area contributed by atoms with Crippen molar-refractivity contribution in [3.05, 3.63) is 35.9 Å². The normalized spacial score (nSPS) is 12.4. The van der Waals surface area contributed by atoms with Crippen molar-refractivity contribution in [2.45, 2.75) is 26.8 Å². The molecule has 20 heavy (non-hydrogen) atoms. The van der Waals surface area contributed by atoms with Crippen LogP contribution in [0.1, 0.15) is 32.4 Å². The Morgan fingerprint density at radius 1 is 1.20 bits per heavy atom.